The van der Waals surface area contributed by atoms with Gasteiger partial charge in [0, 0.05) is 56.9 Å². The highest BCUT2D eigenvalue weighted by Crippen LogP contribution is 2.21. The van der Waals surface area contributed by atoms with E-state index in [0.717, 1.165) is 61.5 Å². The second-order valence-corrected chi connectivity index (χ2v) is 7.09. The van der Waals surface area contributed by atoms with E-state index in [9.17, 15) is 0 Å². The molecule has 0 aliphatic carbocycles. The number of nitrogens with zero attached hydrogens (tertiary/aromatic N) is 6. The van der Waals surface area contributed by atoms with E-state index in [1.54, 1.807) is 11.3 Å². The van der Waals surface area contributed by atoms with Crippen LogP contribution >= 0.6 is 11.3 Å². The van der Waals surface area contributed by atoms with Crippen LogP contribution in [0.3, 0.4) is 0 Å². The maximum absolute atomic E-state index is 5.39. The van der Waals surface area contributed by atoms with Crippen LogP contribution < -0.4 is 0 Å². The monoisotopic (exact) mass is 346 g/mol. The largest absolute Gasteiger partial charge is 0.338 e. The zero-order valence-electron chi connectivity index (χ0n) is 14.1. The van der Waals surface area contributed by atoms with E-state index < -0.39 is 0 Å². The first-order valence-electron chi connectivity index (χ1n) is 8.43. The third-order valence-electron chi connectivity index (χ3n) is 4.64. The molecule has 4 rings (SSSR count). The minimum atomic E-state index is 0.179. The normalized spacial score (nSPS) is 18.4. The van der Waals surface area contributed by atoms with Crippen molar-refractivity contribution in [2.45, 2.75) is 32.9 Å². The van der Waals surface area contributed by atoms with Gasteiger partial charge in [-0.1, -0.05) is 12.1 Å². The lowest BCUT2D eigenvalue weighted by atomic mass is 10.2. The van der Waals surface area contributed by atoms with Gasteiger partial charge in [-0.25, -0.2) is 4.98 Å². The fourth-order valence-corrected chi connectivity index (χ4v) is 3.85. The molecule has 0 spiro atoms. The Balaban J connectivity index is 1.33. The van der Waals surface area contributed by atoms with Crippen molar-refractivity contribution >= 4 is 16.3 Å². The third-order valence-corrected chi connectivity index (χ3v) is 5.41. The van der Waals surface area contributed by atoms with Crippen LogP contribution in [0.2, 0.25) is 0 Å². The Morgan fingerprint density at radius 3 is 2.79 bits per heavy atom. The number of imidazole rings is 1. The van der Waals surface area contributed by atoms with Crippen LogP contribution in [0.15, 0.2) is 22.3 Å². The molecular weight excluding hydrogens is 324 g/mol. The summed E-state index contributed by atoms with van der Waals surface area (Å²) in [5.74, 6) is 1.52. The zero-order valence-corrected chi connectivity index (χ0v) is 14.9. The summed E-state index contributed by atoms with van der Waals surface area (Å²) in [5, 5.41) is 6.07. The summed E-state index contributed by atoms with van der Waals surface area (Å²) in [4.78, 5) is 15.1. The van der Waals surface area contributed by atoms with Gasteiger partial charge in [0.25, 0.3) is 0 Å². The van der Waals surface area contributed by atoms with Crippen LogP contribution in [-0.2, 0) is 13.0 Å². The standard InChI is InChI=1S/C16H22N6OS/c1-3-14-18-15(23-19-14)12(2)21-6-4-20(5-7-21)10-13-11-22-8-9-24-16(22)17-13/h8-9,11-12H,3-7,10H2,1-2H3. The van der Waals surface area contributed by atoms with E-state index in [0.29, 0.717) is 0 Å². The number of thiazole rings is 1. The van der Waals surface area contributed by atoms with Gasteiger partial charge in [-0.15, -0.1) is 11.3 Å². The topological polar surface area (TPSA) is 62.7 Å². The fourth-order valence-electron chi connectivity index (χ4n) is 3.13. The summed E-state index contributed by atoms with van der Waals surface area (Å²) in [6.45, 7) is 9.18. The molecule has 24 heavy (non-hydrogen) atoms. The van der Waals surface area contributed by atoms with Gasteiger partial charge in [0.05, 0.1) is 11.7 Å². The predicted molar refractivity (Wildman–Crippen MR) is 92.0 cm³/mol. The van der Waals surface area contributed by atoms with Crippen molar-refractivity contribution in [1.29, 1.82) is 0 Å². The number of aromatic nitrogens is 4. The lowest BCUT2D eigenvalue weighted by Gasteiger charge is -2.36. The van der Waals surface area contributed by atoms with Crippen LogP contribution in [0.25, 0.3) is 4.96 Å². The summed E-state index contributed by atoms with van der Waals surface area (Å²) >= 11 is 1.68. The molecular formula is C16H22N6OS. The highest BCUT2D eigenvalue weighted by atomic mass is 32.1. The van der Waals surface area contributed by atoms with Crippen LogP contribution in [0.5, 0.6) is 0 Å². The fraction of sp³-hybridized carbons (Fsp3) is 0.562. The highest BCUT2D eigenvalue weighted by Gasteiger charge is 2.26. The molecule has 3 aromatic rings. The smallest absolute Gasteiger partial charge is 0.243 e. The molecule has 1 aliphatic heterocycles. The molecule has 1 aliphatic rings. The van der Waals surface area contributed by atoms with Crippen molar-refractivity contribution in [3.8, 4) is 0 Å². The van der Waals surface area contributed by atoms with Crippen molar-refractivity contribution in [3.05, 3.63) is 35.2 Å². The number of hydrogen-bond donors (Lipinski definition) is 0. The van der Waals surface area contributed by atoms with Gasteiger partial charge in [-0.2, -0.15) is 4.98 Å². The molecule has 0 radical (unpaired) electrons. The molecule has 8 heteroatoms. The van der Waals surface area contributed by atoms with Crippen molar-refractivity contribution in [2.24, 2.45) is 0 Å². The van der Waals surface area contributed by atoms with Gasteiger partial charge in [-0.3, -0.25) is 14.2 Å². The van der Waals surface area contributed by atoms with Crippen molar-refractivity contribution in [3.63, 3.8) is 0 Å². The average Bonchev–Trinajstić information content (AvgIpc) is 3.30. The number of fused-ring (bicyclic) bond motifs is 1. The van der Waals surface area contributed by atoms with Crippen molar-refractivity contribution in [2.75, 3.05) is 26.2 Å². The minimum absolute atomic E-state index is 0.179. The van der Waals surface area contributed by atoms with E-state index in [4.69, 9.17) is 4.52 Å². The zero-order chi connectivity index (χ0) is 16.5. The summed E-state index contributed by atoms with van der Waals surface area (Å²) in [6.07, 6.45) is 5.00. The molecule has 7 nitrogen and oxygen atoms in total. The Hall–Kier alpha value is -1.77. The highest BCUT2D eigenvalue weighted by molar-refractivity contribution is 7.15. The lowest BCUT2D eigenvalue weighted by molar-refractivity contribution is 0.0839. The first-order chi connectivity index (χ1) is 11.7. The van der Waals surface area contributed by atoms with E-state index in [-0.39, 0.29) is 6.04 Å². The Labute approximate surface area is 144 Å². The molecule has 1 saturated heterocycles. The molecule has 3 aromatic heterocycles. The average molecular weight is 346 g/mol. The number of piperazine rings is 1. The molecule has 0 aromatic carbocycles. The quantitative estimate of drug-likeness (QED) is 0.706. The molecule has 0 amide bonds. The Morgan fingerprint density at radius 2 is 2.08 bits per heavy atom. The maximum atomic E-state index is 5.39. The summed E-state index contributed by atoms with van der Waals surface area (Å²) in [6, 6.07) is 0.179. The maximum Gasteiger partial charge on any atom is 0.243 e. The molecule has 0 N–H and O–H groups in total. The van der Waals surface area contributed by atoms with Gasteiger partial charge < -0.3 is 4.52 Å². The van der Waals surface area contributed by atoms with Gasteiger partial charge in [0.15, 0.2) is 10.8 Å². The van der Waals surface area contributed by atoms with Crippen LogP contribution in [0.1, 0.15) is 37.3 Å². The first kappa shape index (κ1) is 15.7. The number of aryl methyl sites for hydroxylation is 1. The molecule has 4 heterocycles. The Kier molecular flexibility index (Phi) is 4.34. The Morgan fingerprint density at radius 1 is 1.25 bits per heavy atom. The first-order valence-corrected chi connectivity index (χ1v) is 9.31. The number of rotatable bonds is 5. The van der Waals surface area contributed by atoms with Gasteiger partial charge in [0.2, 0.25) is 5.89 Å². The van der Waals surface area contributed by atoms with Gasteiger partial charge >= 0.3 is 0 Å². The minimum Gasteiger partial charge on any atom is -0.338 e. The molecule has 0 saturated carbocycles. The molecule has 128 valence electrons. The summed E-state index contributed by atoms with van der Waals surface area (Å²) in [7, 11) is 0. The van der Waals surface area contributed by atoms with Crippen molar-refractivity contribution < 1.29 is 4.52 Å². The van der Waals surface area contributed by atoms with E-state index in [2.05, 4.69) is 54.0 Å². The molecule has 0 bridgehead atoms. The summed E-state index contributed by atoms with van der Waals surface area (Å²) in [5.41, 5.74) is 1.15. The van der Waals surface area contributed by atoms with Gasteiger partial charge in [-0.05, 0) is 6.92 Å². The van der Waals surface area contributed by atoms with Gasteiger partial charge in [0.1, 0.15) is 0 Å². The van der Waals surface area contributed by atoms with Crippen LogP contribution in [-0.4, -0.2) is 55.5 Å². The van der Waals surface area contributed by atoms with E-state index in [1.807, 2.05) is 6.92 Å². The van der Waals surface area contributed by atoms with Crippen LogP contribution in [0, 0.1) is 0 Å². The molecule has 1 fully saturated rings. The SMILES string of the molecule is CCc1noc(C(C)N2CCN(Cc3cn4ccsc4n3)CC2)n1. The number of hydrogen-bond acceptors (Lipinski definition) is 7. The third kappa shape index (κ3) is 3.09. The predicted octanol–water partition coefficient (Wildman–Crippen LogP) is 2.22. The molecule has 1 atom stereocenters. The second kappa shape index (κ2) is 6.62. The van der Waals surface area contributed by atoms with E-state index in [1.165, 1.54) is 0 Å². The second-order valence-electron chi connectivity index (χ2n) is 6.22. The van der Waals surface area contributed by atoms with E-state index >= 15 is 0 Å². The van der Waals surface area contributed by atoms with Crippen molar-refractivity contribution in [1.82, 2.24) is 29.3 Å². The summed E-state index contributed by atoms with van der Waals surface area (Å²) < 4.78 is 7.49. The van der Waals surface area contributed by atoms with Crippen LogP contribution in [0.4, 0.5) is 0 Å². The molecule has 1 unspecified atom stereocenters. The Bertz CT molecular complexity index is 772. The lowest BCUT2D eigenvalue weighted by Crippen LogP contribution is -2.46.